The second-order valence-electron chi connectivity index (χ2n) is 5.63. The maximum atomic E-state index is 12.1. The highest BCUT2D eigenvalue weighted by atomic mass is 32.1. The Balaban J connectivity index is 1.37. The molecule has 4 rings (SSSR count). The van der Waals surface area contributed by atoms with Crippen molar-refractivity contribution in [1.82, 2.24) is 25.1 Å². The van der Waals surface area contributed by atoms with E-state index in [2.05, 4.69) is 25.5 Å². The third-order valence-corrected chi connectivity index (χ3v) is 4.70. The lowest BCUT2D eigenvalue weighted by Gasteiger charge is -2.17. The first-order valence-corrected chi connectivity index (χ1v) is 8.45. The molecule has 0 bridgehead atoms. The number of nitrogens with one attached hydrogen (secondary N) is 1. The molecule has 23 heavy (non-hydrogen) atoms. The number of anilines is 1. The Kier molecular flexibility index (Phi) is 3.66. The van der Waals surface area contributed by atoms with Gasteiger partial charge in [0.15, 0.2) is 5.65 Å². The van der Waals surface area contributed by atoms with Crippen LogP contribution >= 0.6 is 11.3 Å². The lowest BCUT2D eigenvalue weighted by atomic mass is 10.2. The molecular formula is C15H16N6OS. The fraction of sp³-hybridized carbons (Fsp3) is 0.333. The summed E-state index contributed by atoms with van der Waals surface area (Å²) < 4.78 is 1.66. The molecule has 3 aromatic heterocycles. The highest BCUT2D eigenvalue weighted by Crippen LogP contribution is 2.18. The normalized spacial score (nSPS) is 17.7. The number of carbonyl (C=O) groups is 1. The minimum Gasteiger partial charge on any atom is -0.353 e. The number of aromatic nitrogens is 4. The van der Waals surface area contributed by atoms with Crippen molar-refractivity contribution in [2.24, 2.45) is 0 Å². The Bertz CT molecular complexity index is 814. The van der Waals surface area contributed by atoms with Crippen molar-refractivity contribution in [3.63, 3.8) is 0 Å². The fourth-order valence-corrected chi connectivity index (χ4v) is 3.50. The van der Waals surface area contributed by atoms with E-state index in [1.165, 1.54) is 0 Å². The molecule has 7 nitrogen and oxygen atoms in total. The highest BCUT2D eigenvalue weighted by molar-refractivity contribution is 7.07. The van der Waals surface area contributed by atoms with Crippen LogP contribution in [-0.4, -0.2) is 44.8 Å². The topological polar surface area (TPSA) is 75.4 Å². The fourth-order valence-electron chi connectivity index (χ4n) is 2.83. The van der Waals surface area contributed by atoms with Crippen LogP contribution in [0, 0.1) is 0 Å². The van der Waals surface area contributed by atoms with E-state index in [0.717, 1.165) is 36.5 Å². The Morgan fingerprint density at radius 1 is 1.39 bits per heavy atom. The molecule has 8 heteroatoms. The summed E-state index contributed by atoms with van der Waals surface area (Å²) >= 11 is 1.61. The molecule has 0 radical (unpaired) electrons. The number of hydrogen-bond donors (Lipinski definition) is 1. The largest absolute Gasteiger partial charge is 0.353 e. The summed E-state index contributed by atoms with van der Waals surface area (Å²) in [5.74, 6) is 0.962. The predicted molar refractivity (Wildman–Crippen MR) is 87.6 cm³/mol. The van der Waals surface area contributed by atoms with Crippen molar-refractivity contribution in [3.05, 3.63) is 40.8 Å². The van der Waals surface area contributed by atoms with Crippen LogP contribution in [0.2, 0.25) is 0 Å². The molecule has 1 N–H and O–H groups in total. The van der Waals surface area contributed by atoms with Crippen LogP contribution in [0.1, 0.15) is 12.0 Å². The Morgan fingerprint density at radius 3 is 3.22 bits per heavy atom. The maximum Gasteiger partial charge on any atom is 0.224 e. The number of hydrogen-bond acceptors (Lipinski definition) is 6. The predicted octanol–water partition coefficient (Wildman–Crippen LogP) is 1.12. The molecule has 1 amide bonds. The molecule has 0 aromatic carbocycles. The van der Waals surface area contributed by atoms with E-state index in [0.29, 0.717) is 6.42 Å². The van der Waals surface area contributed by atoms with Crippen LogP contribution in [0.25, 0.3) is 5.65 Å². The average molecular weight is 328 g/mol. The van der Waals surface area contributed by atoms with Crippen LogP contribution in [0.4, 0.5) is 5.82 Å². The molecule has 1 fully saturated rings. The van der Waals surface area contributed by atoms with Crippen LogP contribution in [0.15, 0.2) is 35.3 Å². The molecule has 0 unspecified atom stereocenters. The average Bonchev–Trinajstić information content (AvgIpc) is 3.27. The molecule has 1 saturated heterocycles. The monoisotopic (exact) mass is 328 g/mol. The first-order valence-electron chi connectivity index (χ1n) is 7.50. The molecule has 1 aliphatic rings. The highest BCUT2D eigenvalue weighted by Gasteiger charge is 2.25. The van der Waals surface area contributed by atoms with Gasteiger partial charge < -0.3 is 10.2 Å². The van der Waals surface area contributed by atoms with Gasteiger partial charge in [0.05, 0.1) is 6.42 Å². The van der Waals surface area contributed by atoms with Crippen molar-refractivity contribution in [3.8, 4) is 0 Å². The number of carbonyl (C=O) groups excluding carboxylic acids is 1. The van der Waals surface area contributed by atoms with Crippen molar-refractivity contribution in [2.75, 3.05) is 18.0 Å². The standard InChI is InChI=1S/C15H16N6OS/c22-15(7-11-4-6-23-9-11)17-12-3-5-20(8-12)14-2-1-13-18-16-10-21(13)19-14/h1-2,4,6,9-10,12H,3,5,7-8H2,(H,17,22)/t12-/m0/s1. The third-order valence-electron chi connectivity index (χ3n) is 3.97. The van der Waals surface area contributed by atoms with E-state index in [-0.39, 0.29) is 11.9 Å². The number of rotatable bonds is 4. The smallest absolute Gasteiger partial charge is 0.224 e. The second kappa shape index (κ2) is 5.96. The van der Waals surface area contributed by atoms with Gasteiger partial charge in [-0.3, -0.25) is 4.79 Å². The zero-order valence-electron chi connectivity index (χ0n) is 12.4. The molecule has 0 saturated carbocycles. The van der Waals surface area contributed by atoms with Gasteiger partial charge in [0, 0.05) is 19.1 Å². The molecule has 1 aliphatic heterocycles. The summed E-state index contributed by atoms with van der Waals surface area (Å²) in [4.78, 5) is 14.3. The second-order valence-corrected chi connectivity index (χ2v) is 6.41. The Labute approximate surface area is 136 Å². The molecule has 4 heterocycles. The molecule has 0 spiro atoms. The summed E-state index contributed by atoms with van der Waals surface area (Å²) in [6.07, 6.45) is 2.97. The summed E-state index contributed by atoms with van der Waals surface area (Å²) in [6, 6.07) is 6.00. The van der Waals surface area contributed by atoms with Crippen LogP contribution in [0.5, 0.6) is 0 Å². The van der Waals surface area contributed by atoms with Gasteiger partial charge in [0.2, 0.25) is 5.91 Å². The van der Waals surface area contributed by atoms with Gasteiger partial charge in [0.25, 0.3) is 0 Å². The van der Waals surface area contributed by atoms with Crippen LogP contribution in [0.3, 0.4) is 0 Å². The lowest BCUT2D eigenvalue weighted by molar-refractivity contribution is -0.121. The van der Waals surface area contributed by atoms with E-state index in [1.807, 2.05) is 29.0 Å². The summed E-state index contributed by atoms with van der Waals surface area (Å²) in [7, 11) is 0. The van der Waals surface area contributed by atoms with Crippen molar-refractivity contribution < 1.29 is 4.79 Å². The first-order chi connectivity index (χ1) is 11.3. The van der Waals surface area contributed by atoms with Gasteiger partial charge in [-0.25, -0.2) is 0 Å². The Hall–Kier alpha value is -2.48. The lowest BCUT2D eigenvalue weighted by Crippen LogP contribution is -2.38. The van der Waals surface area contributed by atoms with E-state index >= 15 is 0 Å². The zero-order valence-corrected chi connectivity index (χ0v) is 13.2. The third kappa shape index (κ3) is 3.02. The Morgan fingerprint density at radius 2 is 2.35 bits per heavy atom. The minimum atomic E-state index is 0.0810. The van der Waals surface area contributed by atoms with Gasteiger partial charge in [-0.2, -0.15) is 15.9 Å². The summed E-state index contributed by atoms with van der Waals surface area (Å²) in [6.45, 7) is 1.65. The quantitative estimate of drug-likeness (QED) is 0.777. The van der Waals surface area contributed by atoms with Gasteiger partial charge >= 0.3 is 0 Å². The van der Waals surface area contributed by atoms with Crippen molar-refractivity contribution >= 4 is 28.7 Å². The minimum absolute atomic E-state index is 0.0810. The molecule has 118 valence electrons. The van der Waals surface area contributed by atoms with Gasteiger partial charge in [-0.1, -0.05) is 0 Å². The van der Waals surface area contributed by atoms with Crippen LogP contribution in [-0.2, 0) is 11.2 Å². The zero-order chi connectivity index (χ0) is 15.6. The van der Waals surface area contributed by atoms with E-state index in [4.69, 9.17) is 0 Å². The SMILES string of the molecule is O=C(Cc1ccsc1)N[C@H]1CCN(c2ccc3nncn3n2)C1. The van der Waals surface area contributed by atoms with Crippen molar-refractivity contribution in [1.29, 1.82) is 0 Å². The molecule has 3 aromatic rings. The number of thiophene rings is 1. The number of fused-ring (bicyclic) bond motifs is 1. The maximum absolute atomic E-state index is 12.1. The van der Waals surface area contributed by atoms with E-state index in [9.17, 15) is 4.79 Å². The van der Waals surface area contributed by atoms with Crippen molar-refractivity contribution in [2.45, 2.75) is 18.9 Å². The van der Waals surface area contributed by atoms with Crippen LogP contribution < -0.4 is 10.2 Å². The number of amides is 1. The molecular weight excluding hydrogens is 312 g/mol. The summed E-state index contributed by atoms with van der Waals surface area (Å²) in [5.41, 5.74) is 1.80. The van der Waals surface area contributed by atoms with Gasteiger partial charge in [-0.05, 0) is 40.9 Å². The first kappa shape index (κ1) is 14.1. The molecule has 1 atom stereocenters. The summed E-state index contributed by atoms with van der Waals surface area (Å²) in [5, 5.41) is 19.4. The van der Waals surface area contributed by atoms with E-state index in [1.54, 1.807) is 22.2 Å². The number of nitrogens with zero attached hydrogens (tertiary/aromatic N) is 5. The van der Waals surface area contributed by atoms with E-state index < -0.39 is 0 Å². The van der Waals surface area contributed by atoms with Gasteiger partial charge in [0.1, 0.15) is 12.1 Å². The molecule has 0 aliphatic carbocycles. The van der Waals surface area contributed by atoms with Gasteiger partial charge in [-0.15, -0.1) is 15.3 Å².